The summed E-state index contributed by atoms with van der Waals surface area (Å²) in [6.45, 7) is 4.35. The van der Waals surface area contributed by atoms with Crippen molar-refractivity contribution in [3.05, 3.63) is 35.4 Å². The third kappa shape index (κ3) is 2.36. The summed E-state index contributed by atoms with van der Waals surface area (Å²) >= 11 is 0. The zero-order chi connectivity index (χ0) is 16.1. The molecule has 1 saturated heterocycles. The third-order valence-electron chi connectivity index (χ3n) is 4.60. The molecule has 2 amide bonds. The summed E-state index contributed by atoms with van der Waals surface area (Å²) in [4.78, 5) is 26.1. The molecule has 0 bridgehead atoms. The number of benzene rings is 1. The van der Waals surface area contributed by atoms with Gasteiger partial charge in [0.2, 0.25) is 11.8 Å². The SMILES string of the molecule is CC1(C)C(=O)NCCN1C(=O)[C@H]1C[C@@H]1c1ccc(F)c(F)c1. The highest BCUT2D eigenvalue weighted by atomic mass is 19.2. The lowest BCUT2D eigenvalue weighted by molar-refractivity contribution is -0.150. The minimum Gasteiger partial charge on any atom is -0.352 e. The van der Waals surface area contributed by atoms with Crippen molar-refractivity contribution in [1.29, 1.82) is 0 Å². The highest BCUT2D eigenvalue weighted by Crippen LogP contribution is 2.49. The van der Waals surface area contributed by atoms with Gasteiger partial charge < -0.3 is 10.2 Å². The minimum absolute atomic E-state index is 0.0883. The summed E-state index contributed by atoms with van der Waals surface area (Å²) in [5.41, 5.74) is -0.243. The Labute approximate surface area is 127 Å². The number of piperazine rings is 1. The van der Waals surface area contributed by atoms with E-state index in [0.717, 1.165) is 12.1 Å². The van der Waals surface area contributed by atoms with Gasteiger partial charge in [0.25, 0.3) is 0 Å². The number of carbonyl (C=O) groups excluding carboxylic acids is 2. The molecule has 2 fully saturated rings. The van der Waals surface area contributed by atoms with Gasteiger partial charge in [0, 0.05) is 19.0 Å². The Kier molecular flexibility index (Phi) is 3.42. The van der Waals surface area contributed by atoms with E-state index in [0.29, 0.717) is 25.1 Å². The van der Waals surface area contributed by atoms with Crippen LogP contribution in [0.5, 0.6) is 0 Å². The molecule has 118 valence electrons. The first kappa shape index (κ1) is 14.9. The lowest BCUT2D eigenvalue weighted by atomic mass is 9.97. The molecule has 1 N–H and O–H groups in total. The van der Waals surface area contributed by atoms with Crippen molar-refractivity contribution in [3.63, 3.8) is 0 Å². The second-order valence-corrected chi connectivity index (χ2v) is 6.43. The molecule has 0 radical (unpaired) electrons. The lowest BCUT2D eigenvalue weighted by Crippen LogP contribution is -2.63. The van der Waals surface area contributed by atoms with Crippen LogP contribution in [0, 0.1) is 17.6 Å². The first-order chi connectivity index (χ1) is 10.3. The molecule has 4 nitrogen and oxygen atoms in total. The van der Waals surface area contributed by atoms with Crippen molar-refractivity contribution in [3.8, 4) is 0 Å². The number of halogens is 2. The molecule has 1 heterocycles. The molecule has 1 aliphatic heterocycles. The maximum absolute atomic E-state index is 13.3. The molecule has 0 unspecified atom stereocenters. The molecule has 22 heavy (non-hydrogen) atoms. The van der Waals surface area contributed by atoms with E-state index < -0.39 is 17.2 Å². The largest absolute Gasteiger partial charge is 0.352 e. The topological polar surface area (TPSA) is 49.4 Å². The zero-order valence-corrected chi connectivity index (χ0v) is 12.5. The Morgan fingerprint density at radius 2 is 2.05 bits per heavy atom. The average molecular weight is 308 g/mol. The Morgan fingerprint density at radius 1 is 1.32 bits per heavy atom. The van der Waals surface area contributed by atoms with E-state index in [1.165, 1.54) is 6.07 Å². The highest BCUT2D eigenvalue weighted by molar-refractivity contribution is 5.93. The third-order valence-corrected chi connectivity index (χ3v) is 4.60. The number of hydrogen-bond acceptors (Lipinski definition) is 2. The summed E-state index contributed by atoms with van der Waals surface area (Å²) in [5.74, 6) is -2.39. The second kappa shape index (κ2) is 5.04. The van der Waals surface area contributed by atoms with Crippen molar-refractivity contribution in [2.45, 2.75) is 31.7 Å². The van der Waals surface area contributed by atoms with Crippen LogP contribution in [0.4, 0.5) is 8.78 Å². The van der Waals surface area contributed by atoms with Crippen molar-refractivity contribution in [2.75, 3.05) is 13.1 Å². The molecule has 1 aliphatic carbocycles. The van der Waals surface area contributed by atoms with Crippen molar-refractivity contribution < 1.29 is 18.4 Å². The fourth-order valence-electron chi connectivity index (χ4n) is 3.06. The van der Waals surface area contributed by atoms with Gasteiger partial charge >= 0.3 is 0 Å². The highest BCUT2D eigenvalue weighted by Gasteiger charge is 2.50. The standard InChI is InChI=1S/C16H18F2N2O2/c1-16(2)15(22)19-5-6-20(16)14(21)11-8-10(11)9-3-4-12(17)13(18)7-9/h3-4,7,10-11H,5-6,8H2,1-2H3,(H,19,22)/t10-,11+/m1/s1. The Balaban J connectivity index is 1.75. The Bertz CT molecular complexity index is 645. The molecular formula is C16H18F2N2O2. The smallest absolute Gasteiger partial charge is 0.245 e. The lowest BCUT2D eigenvalue weighted by Gasteiger charge is -2.41. The number of nitrogens with one attached hydrogen (secondary N) is 1. The summed E-state index contributed by atoms with van der Waals surface area (Å²) in [5, 5.41) is 2.75. The van der Waals surface area contributed by atoms with Gasteiger partial charge in [-0.1, -0.05) is 6.07 Å². The maximum atomic E-state index is 13.3. The summed E-state index contributed by atoms with van der Waals surface area (Å²) in [6, 6.07) is 3.76. The number of rotatable bonds is 2. The van der Waals surface area contributed by atoms with Crippen LogP contribution in [-0.2, 0) is 9.59 Å². The molecular weight excluding hydrogens is 290 g/mol. The van der Waals surface area contributed by atoms with E-state index in [9.17, 15) is 18.4 Å². The number of amides is 2. The first-order valence-electron chi connectivity index (χ1n) is 7.37. The van der Waals surface area contributed by atoms with Gasteiger partial charge in [-0.05, 0) is 43.9 Å². The summed E-state index contributed by atoms with van der Waals surface area (Å²) < 4.78 is 26.3. The minimum atomic E-state index is -0.895. The van der Waals surface area contributed by atoms with Crippen molar-refractivity contribution in [2.24, 2.45) is 5.92 Å². The number of nitrogens with zero attached hydrogens (tertiary/aromatic N) is 1. The maximum Gasteiger partial charge on any atom is 0.245 e. The van der Waals surface area contributed by atoms with E-state index in [1.54, 1.807) is 18.7 Å². The van der Waals surface area contributed by atoms with Crippen LogP contribution < -0.4 is 5.32 Å². The monoisotopic (exact) mass is 308 g/mol. The molecule has 2 aliphatic rings. The van der Waals surface area contributed by atoms with Crippen LogP contribution in [0.25, 0.3) is 0 Å². The van der Waals surface area contributed by atoms with Gasteiger partial charge in [0.1, 0.15) is 5.54 Å². The van der Waals surface area contributed by atoms with Gasteiger partial charge in [0.05, 0.1) is 0 Å². The zero-order valence-electron chi connectivity index (χ0n) is 12.5. The molecule has 2 atom stereocenters. The Hall–Kier alpha value is -1.98. The van der Waals surface area contributed by atoms with E-state index in [1.807, 2.05) is 0 Å². The normalized spacial score (nSPS) is 26.5. The van der Waals surface area contributed by atoms with Gasteiger partial charge in [-0.25, -0.2) is 8.78 Å². The van der Waals surface area contributed by atoms with Crippen LogP contribution in [0.15, 0.2) is 18.2 Å². The van der Waals surface area contributed by atoms with Crippen LogP contribution in [0.1, 0.15) is 31.7 Å². The second-order valence-electron chi connectivity index (χ2n) is 6.43. The molecule has 1 aromatic rings. The molecule has 0 spiro atoms. The summed E-state index contributed by atoms with van der Waals surface area (Å²) in [6.07, 6.45) is 0.609. The molecule has 1 aromatic carbocycles. The van der Waals surface area contributed by atoms with E-state index in [4.69, 9.17) is 0 Å². The van der Waals surface area contributed by atoms with Gasteiger partial charge in [0.15, 0.2) is 11.6 Å². The van der Waals surface area contributed by atoms with E-state index in [2.05, 4.69) is 5.32 Å². The van der Waals surface area contributed by atoms with Gasteiger partial charge in [-0.15, -0.1) is 0 Å². The molecule has 6 heteroatoms. The van der Waals surface area contributed by atoms with Gasteiger partial charge in [-0.3, -0.25) is 9.59 Å². The van der Waals surface area contributed by atoms with Crippen LogP contribution in [-0.4, -0.2) is 35.3 Å². The molecule has 0 aromatic heterocycles. The average Bonchev–Trinajstić information content (AvgIpc) is 3.24. The fraction of sp³-hybridized carbons (Fsp3) is 0.500. The van der Waals surface area contributed by atoms with E-state index >= 15 is 0 Å². The number of carbonyl (C=O) groups is 2. The van der Waals surface area contributed by atoms with Crippen molar-refractivity contribution in [1.82, 2.24) is 10.2 Å². The van der Waals surface area contributed by atoms with Crippen LogP contribution in [0.3, 0.4) is 0 Å². The van der Waals surface area contributed by atoms with Crippen molar-refractivity contribution >= 4 is 11.8 Å². The number of hydrogen-bond donors (Lipinski definition) is 1. The molecule has 1 saturated carbocycles. The fourth-order valence-corrected chi connectivity index (χ4v) is 3.06. The quantitative estimate of drug-likeness (QED) is 0.906. The van der Waals surface area contributed by atoms with Crippen LogP contribution in [0.2, 0.25) is 0 Å². The predicted molar refractivity (Wildman–Crippen MR) is 76.0 cm³/mol. The summed E-state index contributed by atoms with van der Waals surface area (Å²) in [7, 11) is 0. The first-order valence-corrected chi connectivity index (χ1v) is 7.37. The predicted octanol–water partition coefficient (Wildman–Crippen LogP) is 1.81. The van der Waals surface area contributed by atoms with Gasteiger partial charge in [-0.2, -0.15) is 0 Å². The van der Waals surface area contributed by atoms with Crippen LogP contribution >= 0.6 is 0 Å². The molecule has 3 rings (SSSR count). The Morgan fingerprint density at radius 3 is 2.73 bits per heavy atom. The van der Waals surface area contributed by atoms with E-state index in [-0.39, 0.29) is 23.7 Å².